The van der Waals surface area contributed by atoms with Crippen LogP contribution in [-0.2, 0) is 16.0 Å². The number of hydrogen-bond donors (Lipinski definition) is 2. The van der Waals surface area contributed by atoms with Crippen LogP contribution < -0.4 is 16.0 Å². The normalized spacial score (nSPS) is 18.2. The number of amides is 1. The molecule has 0 fully saturated rings. The number of likely N-dealkylation sites (N-methyl/N-ethyl adjacent to an activating group) is 1. The molecule has 1 amide bonds. The Morgan fingerprint density at radius 1 is 1.03 bits per heavy atom. The molecule has 0 radical (unpaired) electrons. The van der Waals surface area contributed by atoms with E-state index in [1.807, 2.05) is 84.7 Å². The van der Waals surface area contributed by atoms with Crippen LogP contribution in [-0.4, -0.2) is 42.7 Å². The number of nitrogens with two attached hydrogens (primary N) is 1. The summed E-state index contributed by atoms with van der Waals surface area (Å²) >= 11 is 6.19. The molecule has 3 N–H and O–H groups in total. The first-order valence-electron chi connectivity index (χ1n) is 11.6. The van der Waals surface area contributed by atoms with Gasteiger partial charge in [-0.05, 0) is 31.0 Å². The predicted molar refractivity (Wildman–Crippen MR) is 141 cm³/mol. The Morgan fingerprint density at radius 2 is 1.69 bits per heavy atom. The number of nitrogens with one attached hydrogen (secondary N) is 1. The molecule has 0 saturated carbocycles. The Morgan fingerprint density at radius 3 is 2.43 bits per heavy atom. The molecule has 3 aromatic rings. The number of benzene rings is 3. The van der Waals surface area contributed by atoms with Gasteiger partial charge in [-0.2, -0.15) is 0 Å². The van der Waals surface area contributed by atoms with Crippen molar-refractivity contribution in [2.24, 2.45) is 10.7 Å². The van der Waals surface area contributed by atoms with Crippen molar-refractivity contribution in [1.29, 1.82) is 0 Å². The lowest BCUT2D eigenvalue weighted by atomic mass is 10.00. The molecular weight excluding hydrogens is 460 g/mol. The van der Waals surface area contributed by atoms with Crippen LogP contribution in [0.2, 0.25) is 5.02 Å². The molecule has 35 heavy (non-hydrogen) atoms. The van der Waals surface area contributed by atoms with E-state index < -0.39 is 18.2 Å². The molecule has 1 heterocycles. The quantitative estimate of drug-likeness (QED) is 0.526. The number of Topliss-reactive ketones (excluding diaryl/α,β-unsaturated/α-hetero) is 1. The topological polar surface area (TPSA) is 87.8 Å². The van der Waals surface area contributed by atoms with Gasteiger partial charge >= 0.3 is 0 Å². The first kappa shape index (κ1) is 24.6. The van der Waals surface area contributed by atoms with Crippen LogP contribution in [0.5, 0.6) is 0 Å². The van der Waals surface area contributed by atoms with E-state index in [1.165, 1.54) is 0 Å². The highest BCUT2D eigenvalue weighted by Gasteiger charge is 2.36. The number of ketones is 1. The molecule has 7 heteroatoms. The third kappa shape index (κ3) is 5.45. The van der Waals surface area contributed by atoms with Gasteiger partial charge in [-0.1, -0.05) is 78.3 Å². The number of anilines is 1. The number of nitrogens with zero attached hydrogens (tertiary/aromatic N) is 2. The third-order valence-corrected chi connectivity index (χ3v) is 6.67. The molecule has 0 saturated heterocycles. The van der Waals surface area contributed by atoms with Crippen molar-refractivity contribution < 1.29 is 9.59 Å². The molecule has 2 unspecified atom stereocenters. The maximum atomic E-state index is 13.5. The first-order valence-corrected chi connectivity index (χ1v) is 12.0. The largest absolute Gasteiger partial charge is 0.356 e. The predicted octanol–water partition coefficient (Wildman–Crippen LogP) is 3.99. The summed E-state index contributed by atoms with van der Waals surface area (Å²) in [5, 5.41) is 3.45. The van der Waals surface area contributed by atoms with E-state index in [0.717, 1.165) is 22.4 Å². The van der Waals surface area contributed by atoms with Gasteiger partial charge in [-0.15, -0.1) is 0 Å². The second kappa shape index (κ2) is 10.8. The van der Waals surface area contributed by atoms with Crippen LogP contribution in [0, 0.1) is 0 Å². The van der Waals surface area contributed by atoms with Gasteiger partial charge in [0.05, 0.1) is 11.8 Å². The average Bonchev–Trinajstić information content (AvgIpc) is 2.98. The molecule has 180 valence electrons. The Labute approximate surface area is 210 Å². The molecule has 1 aliphatic heterocycles. The highest BCUT2D eigenvalue weighted by molar-refractivity contribution is 6.31. The molecule has 0 aromatic heterocycles. The van der Waals surface area contributed by atoms with Gasteiger partial charge in [0.2, 0.25) is 5.91 Å². The van der Waals surface area contributed by atoms with Crippen LogP contribution in [0.1, 0.15) is 30.0 Å². The minimum Gasteiger partial charge on any atom is -0.356 e. The summed E-state index contributed by atoms with van der Waals surface area (Å²) in [6.45, 7) is 1.68. The maximum Gasteiger partial charge on any atom is 0.220 e. The van der Waals surface area contributed by atoms with Crippen LogP contribution >= 0.6 is 11.6 Å². The van der Waals surface area contributed by atoms with E-state index in [9.17, 15) is 9.59 Å². The zero-order chi connectivity index (χ0) is 24.9. The summed E-state index contributed by atoms with van der Waals surface area (Å²) < 4.78 is 0. The van der Waals surface area contributed by atoms with Crippen molar-refractivity contribution >= 4 is 34.7 Å². The maximum absolute atomic E-state index is 13.5. The molecule has 4 rings (SSSR count). The number of carbonyl (C=O) groups excluding carboxylic acids is 2. The fraction of sp³-hybridized carbons (Fsp3) is 0.250. The van der Waals surface area contributed by atoms with E-state index in [1.54, 1.807) is 13.0 Å². The summed E-state index contributed by atoms with van der Waals surface area (Å²) in [4.78, 5) is 32.9. The van der Waals surface area contributed by atoms with E-state index in [0.29, 0.717) is 17.2 Å². The standard InChI is InChI=1S/C28H29ClN4O2/c1-18(31-24(34)17-16-19-10-6-8-14-22(19)29)27(35)26-28(30)33(2)23-15-9-7-13-21(23)25(32-26)20-11-4-3-5-12-20/h3-15,18,26,28H,16-17,30H2,1-2H3,(H,31,34)/t18?,26?,28-/m0/s1. The van der Waals surface area contributed by atoms with Crippen molar-refractivity contribution in [2.45, 2.75) is 38.0 Å². The van der Waals surface area contributed by atoms with Gasteiger partial charge in [0.15, 0.2) is 5.78 Å². The zero-order valence-corrected chi connectivity index (χ0v) is 20.6. The summed E-state index contributed by atoms with van der Waals surface area (Å²) in [6.07, 6.45) is 0.0263. The summed E-state index contributed by atoms with van der Waals surface area (Å²) in [5.74, 6) is -0.464. The van der Waals surface area contributed by atoms with E-state index in [4.69, 9.17) is 22.3 Å². The van der Waals surface area contributed by atoms with Crippen molar-refractivity contribution in [1.82, 2.24) is 5.32 Å². The molecule has 1 aliphatic rings. The third-order valence-electron chi connectivity index (χ3n) is 6.30. The van der Waals surface area contributed by atoms with Crippen LogP contribution in [0.4, 0.5) is 5.69 Å². The second-order valence-corrected chi connectivity index (χ2v) is 9.10. The SMILES string of the molecule is CC(NC(=O)CCc1ccccc1Cl)C(=O)C1N=C(c2ccccc2)c2ccccc2N(C)[C@@H]1N. The number of para-hydroxylation sites is 1. The molecule has 0 spiro atoms. The van der Waals surface area contributed by atoms with Crippen molar-refractivity contribution in [3.05, 3.63) is 101 Å². The fourth-order valence-corrected chi connectivity index (χ4v) is 4.52. The molecule has 6 nitrogen and oxygen atoms in total. The number of fused-ring (bicyclic) bond motifs is 1. The molecule has 0 bridgehead atoms. The second-order valence-electron chi connectivity index (χ2n) is 8.69. The highest BCUT2D eigenvalue weighted by Crippen LogP contribution is 2.29. The van der Waals surface area contributed by atoms with Crippen molar-refractivity contribution in [3.8, 4) is 0 Å². The molecule has 3 aromatic carbocycles. The van der Waals surface area contributed by atoms with E-state index in [-0.39, 0.29) is 18.1 Å². The Hall–Kier alpha value is -3.48. The highest BCUT2D eigenvalue weighted by atomic mass is 35.5. The average molecular weight is 489 g/mol. The van der Waals surface area contributed by atoms with Gasteiger partial charge < -0.3 is 16.0 Å². The lowest BCUT2D eigenvalue weighted by Crippen LogP contribution is -2.55. The molecular formula is C28H29ClN4O2. The van der Waals surface area contributed by atoms with Gasteiger partial charge in [0.1, 0.15) is 12.2 Å². The summed E-state index contributed by atoms with van der Waals surface area (Å²) in [7, 11) is 1.86. The first-order chi connectivity index (χ1) is 16.9. The van der Waals surface area contributed by atoms with E-state index >= 15 is 0 Å². The number of rotatable bonds is 7. The number of halogens is 1. The van der Waals surface area contributed by atoms with Crippen LogP contribution in [0.15, 0.2) is 83.9 Å². The van der Waals surface area contributed by atoms with Crippen molar-refractivity contribution in [2.75, 3.05) is 11.9 Å². The van der Waals surface area contributed by atoms with Crippen molar-refractivity contribution in [3.63, 3.8) is 0 Å². The number of hydrogen-bond acceptors (Lipinski definition) is 5. The van der Waals surface area contributed by atoms with Gasteiger partial charge in [-0.25, -0.2) is 0 Å². The van der Waals surface area contributed by atoms with Gasteiger partial charge in [0, 0.05) is 35.3 Å². The minimum absolute atomic E-state index is 0.224. The number of aliphatic imine (C=N–C) groups is 1. The molecule has 3 atom stereocenters. The summed E-state index contributed by atoms with van der Waals surface area (Å²) in [5.41, 5.74) is 10.9. The smallest absolute Gasteiger partial charge is 0.220 e. The zero-order valence-electron chi connectivity index (χ0n) is 19.8. The molecule has 0 aliphatic carbocycles. The Kier molecular flexibility index (Phi) is 7.63. The van der Waals surface area contributed by atoms with Gasteiger partial charge in [0.25, 0.3) is 0 Å². The minimum atomic E-state index is -0.860. The summed E-state index contributed by atoms with van der Waals surface area (Å²) in [6, 6.07) is 23.4. The number of aryl methyl sites for hydroxylation is 1. The number of benzodiazepines with no additional fused rings is 1. The monoisotopic (exact) mass is 488 g/mol. The van der Waals surface area contributed by atoms with Gasteiger partial charge in [-0.3, -0.25) is 14.6 Å². The van der Waals surface area contributed by atoms with E-state index in [2.05, 4.69) is 5.32 Å². The van der Waals surface area contributed by atoms with Crippen LogP contribution in [0.25, 0.3) is 0 Å². The lowest BCUT2D eigenvalue weighted by Gasteiger charge is -2.30. The Balaban J connectivity index is 1.56. The fourth-order valence-electron chi connectivity index (χ4n) is 4.29. The lowest BCUT2D eigenvalue weighted by molar-refractivity contribution is -0.128. The Bertz CT molecular complexity index is 1240. The van der Waals surface area contributed by atoms with Crippen LogP contribution in [0.3, 0.4) is 0 Å². The number of carbonyl (C=O) groups is 2.